The van der Waals surface area contributed by atoms with Gasteiger partial charge in [-0.1, -0.05) is 12.2 Å². The van der Waals surface area contributed by atoms with Gasteiger partial charge < -0.3 is 0 Å². The monoisotopic (exact) mass is 142 g/mol. The Labute approximate surface area is 60.9 Å². The summed E-state index contributed by atoms with van der Waals surface area (Å²) < 4.78 is 0. The average Bonchev–Trinajstić information content (AvgIpc) is 2.51. The lowest BCUT2D eigenvalue weighted by molar-refractivity contribution is 0.668. The van der Waals surface area contributed by atoms with Crippen LogP contribution in [0, 0.1) is 11.8 Å². The molecule has 0 amide bonds. The van der Waals surface area contributed by atoms with E-state index in [4.69, 9.17) is 11.6 Å². The Morgan fingerprint density at radius 2 is 2.33 bits per heavy atom. The van der Waals surface area contributed by atoms with Crippen molar-refractivity contribution >= 4 is 11.6 Å². The Hall–Kier alpha value is 0.0300. The summed E-state index contributed by atoms with van der Waals surface area (Å²) in [6.45, 7) is 0. The van der Waals surface area contributed by atoms with Crippen LogP contribution in [0.5, 0.6) is 0 Å². The first-order chi connectivity index (χ1) is 4.39. The van der Waals surface area contributed by atoms with Gasteiger partial charge in [0.15, 0.2) is 0 Å². The van der Waals surface area contributed by atoms with Crippen LogP contribution in [0.25, 0.3) is 0 Å². The van der Waals surface area contributed by atoms with E-state index in [0.29, 0.717) is 5.38 Å². The molecule has 2 aliphatic carbocycles. The summed E-state index contributed by atoms with van der Waals surface area (Å²) in [7, 11) is 0. The average molecular weight is 143 g/mol. The van der Waals surface area contributed by atoms with Gasteiger partial charge in [-0.05, 0) is 31.1 Å². The van der Waals surface area contributed by atoms with E-state index >= 15 is 0 Å². The fourth-order valence-electron chi connectivity index (χ4n) is 1.68. The zero-order valence-electron chi connectivity index (χ0n) is 5.39. The third-order valence-corrected chi connectivity index (χ3v) is 3.01. The zero-order chi connectivity index (χ0) is 6.27. The highest BCUT2D eigenvalue weighted by Crippen LogP contribution is 2.49. The molecular formula is C8H11Cl. The first kappa shape index (κ1) is 5.79. The molecule has 0 nitrogen and oxygen atoms in total. The van der Waals surface area contributed by atoms with Crippen molar-refractivity contribution in [3.8, 4) is 0 Å². The van der Waals surface area contributed by atoms with E-state index in [1.807, 2.05) is 0 Å². The van der Waals surface area contributed by atoms with E-state index in [1.54, 1.807) is 0 Å². The lowest BCUT2D eigenvalue weighted by Gasteiger charge is -1.90. The van der Waals surface area contributed by atoms with Crippen LogP contribution >= 0.6 is 11.6 Å². The van der Waals surface area contributed by atoms with Gasteiger partial charge in [-0.3, -0.25) is 0 Å². The molecule has 0 aromatic heterocycles. The molecule has 0 heterocycles. The molecule has 2 aliphatic rings. The van der Waals surface area contributed by atoms with Crippen molar-refractivity contribution in [3.05, 3.63) is 12.2 Å². The maximum Gasteiger partial charge on any atom is 0.0436 e. The van der Waals surface area contributed by atoms with Crippen LogP contribution in [0.15, 0.2) is 12.2 Å². The van der Waals surface area contributed by atoms with Crippen LogP contribution < -0.4 is 0 Å². The number of fused-ring (bicyclic) bond motifs is 1. The summed E-state index contributed by atoms with van der Waals surface area (Å²) in [4.78, 5) is 0. The minimum atomic E-state index is 0.488. The third-order valence-electron chi connectivity index (χ3n) is 2.40. The van der Waals surface area contributed by atoms with Crippen LogP contribution in [-0.2, 0) is 0 Å². The van der Waals surface area contributed by atoms with Crippen molar-refractivity contribution in [2.24, 2.45) is 11.8 Å². The predicted molar refractivity (Wildman–Crippen MR) is 39.6 cm³/mol. The minimum Gasteiger partial charge on any atom is -0.122 e. The number of alkyl halides is 1. The van der Waals surface area contributed by atoms with Crippen molar-refractivity contribution in [2.75, 3.05) is 0 Å². The van der Waals surface area contributed by atoms with Gasteiger partial charge in [0.1, 0.15) is 0 Å². The van der Waals surface area contributed by atoms with Crippen LogP contribution in [-0.4, -0.2) is 5.38 Å². The number of hydrogen-bond donors (Lipinski definition) is 0. The molecule has 0 saturated heterocycles. The standard InChI is InChI=1S/C8H11Cl/c9-8-6-4-2-1-3-5-7(6)8/h2,4,6-8H,1,3,5H2/t6-,7+,8+/m1/s1. The van der Waals surface area contributed by atoms with E-state index in [0.717, 1.165) is 11.8 Å². The lowest BCUT2D eigenvalue weighted by Crippen LogP contribution is -1.78. The summed E-state index contributed by atoms with van der Waals surface area (Å²) >= 11 is 5.98. The SMILES string of the molecule is Cl[C@H]1[C@@H]2C=CCCC[C@H]12. The maximum atomic E-state index is 5.98. The van der Waals surface area contributed by atoms with Gasteiger partial charge in [0.25, 0.3) is 0 Å². The highest BCUT2D eigenvalue weighted by molar-refractivity contribution is 6.23. The molecule has 0 spiro atoms. The molecule has 50 valence electrons. The summed E-state index contributed by atoms with van der Waals surface area (Å²) in [6, 6.07) is 0. The molecule has 9 heavy (non-hydrogen) atoms. The number of allylic oxidation sites excluding steroid dienone is 2. The van der Waals surface area contributed by atoms with E-state index in [9.17, 15) is 0 Å². The van der Waals surface area contributed by atoms with Crippen molar-refractivity contribution in [2.45, 2.75) is 24.6 Å². The maximum absolute atomic E-state index is 5.98. The van der Waals surface area contributed by atoms with Crippen LogP contribution in [0.2, 0.25) is 0 Å². The van der Waals surface area contributed by atoms with Crippen molar-refractivity contribution in [1.29, 1.82) is 0 Å². The minimum absolute atomic E-state index is 0.488. The summed E-state index contributed by atoms with van der Waals surface area (Å²) in [6.07, 6.45) is 8.56. The fraction of sp³-hybridized carbons (Fsp3) is 0.750. The lowest BCUT2D eigenvalue weighted by atomic mass is 10.2. The first-order valence-electron chi connectivity index (χ1n) is 3.70. The Bertz CT molecular complexity index is 140. The molecule has 0 aromatic carbocycles. The Kier molecular flexibility index (Phi) is 1.30. The molecule has 0 bridgehead atoms. The zero-order valence-corrected chi connectivity index (χ0v) is 6.14. The van der Waals surface area contributed by atoms with Crippen LogP contribution in [0.3, 0.4) is 0 Å². The summed E-state index contributed by atoms with van der Waals surface area (Å²) in [5.74, 6) is 1.58. The molecule has 1 heteroatoms. The molecule has 1 fully saturated rings. The third kappa shape index (κ3) is 0.898. The highest BCUT2D eigenvalue weighted by atomic mass is 35.5. The second kappa shape index (κ2) is 2.02. The predicted octanol–water partition coefficient (Wildman–Crippen LogP) is 2.58. The van der Waals surface area contributed by atoms with Crippen molar-refractivity contribution in [3.63, 3.8) is 0 Å². The summed E-state index contributed by atoms with van der Waals surface area (Å²) in [5.41, 5.74) is 0. The first-order valence-corrected chi connectivity index (χ1v) is 4.14. The largest absolute Gasteiger partial charge is 0.122 e. The molecule has 1 saturated carbocycles. The number of hydrogen-bond acceptors (Lipinski definition) is 0. The molecule has 0 radical (unpaired) electrons. The quantitative estimate of drug-likeness (QED) is 0.360. The van der Waals surface area contributed by atoms with Crippen LogP contribution in [0.1, 0.15) is 19.3 Å². The highest BCUT2D eigenvalue weighted by Gasteiger charge is 2.46. The molecular weight excluding hydrogens is 132 g/mol. The normalized spacial score (nSPS) is 47.9. The van der Waals surface area contributed by atoms with Crippen LogP contribution in [0.4, 0.5) is 0 Å². The van der Waals surface area contributed by atoms with Gasteiger partial charge in [0.05, 0.1) is 0 Å². The molecule has 0 unspecified atom stereocenters. The molecule has 0 aliphatic heterocycles. The van der Waals surface area contributed by atoms with Gasteiger partial charge in [-0.2, -0.15) is 0 Å². The van der Waals surface area contributed by atoms with E-state index < -0.39 is 0 Å². The van der Waals surface area contributed by atoms with Crippen molar-refractivity contribution < 1.29 is 0 Å². The van der Waals surface area contributed by atoms with Gasteiger partial charge in [-0.15, -0.1) is 11.6 Å². The van der Waals surface area contributed by atoms with E-state index in [-0.39, 0.29) is 0 Å². The smallest absolute Gasteiger partial charge is 0.0436 e. The Morgan fingerprint density at radius 3 is 3.22 bits per heavy atom. The van der Waals surface area contributed by atoms with Crippen molar-refractivity contribution in [1.82, 2.24) is 0 Å². The fourth-order valence-corrected chi connectivity index (χ4v) is 2.16. The van der Waals surface area contributed by atoms with Gasteiger partial charge in [0, 0.05) is 5.38 Å². The second-order valence-electron chi connectivity index (χ2n) is 3.04. The van der Waals surface area contributed by atoms with Gasteiger partial charge >= 0.3 is 0 Å². The number of halogens is 1. The van der Waals surface area contributed by atoms with E-state index in [1.165, 1.54) is 19.3 Å². The second-order valence-corrected chi connectivity index (χ2v) is 3.55. The Balaban J connectivity index is 2.05. The molecule has 0 aromatic rings. The van der Waals surface area contributed by atoms with Gasteiger partial charge in [0.2, 0.25) is 0 Å². The molecule has 0 N–H and O–H groups in total. The van der Waals surface area contributed by atoms with E-state index in [2.05, 4.69) is 12.2 Å². The summed E-state index contributed by atoms with van der Waals surface area (Å²) in [5, 5.41) is 0.488. The van der Waals surface area contributed by atoms with Gasteiger partial charge in [-0.25, -0.2) is 0 Å². The Morgan fingerprint density at radius 1 is 1.44 bits per heavy atom. The molecule has 2 rings (SSSR count). The number of rotatable bonds is 0. The molecule has 3 atom stereocenters. The topological polar surface area (TPSA) is 0 Å².